The lowest BCUT2D eigenvalue weighted by Gasteiger charge is -2.15. The Morgan fingerprint density at radius 2 is 1.59 bits per heavy atom. The van der Waals surface area contributed by atoms with E-state index in [2.05, 4.69) is 33.8 Å². The Balaban J connectivity index is 1.30. The normalized spacial score (nSPS) is 10.5. The Bertz CT molecular complexity index is 1260. The molecule has 1 heterocycles. The van der Waals surface area contributed by atoms with E-state index < -0.39 is 0 Å². The van der Waals surface area contributed by atoms with Crippen molar-refractivity contribution in [3.05, 3.63) is 108 Å². The van der Waals surface area contributed by atoms with Crippen LogP contribution >= 0.6 is 0 Å². The number of rotatable bonds is 12. The second-order valence-corrected chi connectivity index (χ2v) is 8.29. The van der Waals surface area contributed by atoms with Crippen LogP contribution in [0.25, 0.3) is 11.1 Å². The fraction of sp³-hybridized carbons (Fsp3) is 0.200. The van der Waals surface area contributed by atoms with Crippen LogP contribution in [0.3, 0.4) is 0 Å². The lowest BCUT2D eigenvalue weighted by Crippen LogP contribution is -2.28. The zero-order valence-corrected chi connectivity index (χ0v) is 20.9. The highest BCUT2D eigenvalue weighted by atomic mass is 16.5. The molecule has 0 atom stereocenters. The highest BCUT2D eigenvalue weighted by Gasteiger charge is 2.10. The number of nitrogens with zero attached hydrogens (tertiary/aromatic N) is 1. The van der Waals surface area contributed by atoms with Crippen LogP contribution in [-0.2, 0) is 17.7 Å². The first-order valence-electron chi connectivity index (χ1n) is 12.2. The van der Waals surface area contributed by atoms with Crippen LogP contribution in [0.2, 0.25) is 0 Å². The van der Waals surface area contributed by atoms with Crippen LogP contribution in [0.4, 0.5) is 10.5 Å². The summed E-state index contributed by atoms with van der Waals surface area (Å²) in [7, 11) is 1.66. The second-order valence-electron chi connectivity index (χ2n) is 8.29. The number of pyridine rings is 1. The topological polar surface area (TPSA) is 81.7 Å². The summed E-state index contributed by atoms with van der Waals surface area (Å²) in [6.45, 7) is 1.96. The predicted octanol–water partition coefficient (Wildman–Crippen LogP) is 5.72. The summed E-state index contributed by atoms with van der Waals surface area (Å²) in [6.07, 6.45) is 4.16. The number of ether oxygens (including phenoxy) is 3. The molecule has 0 aliphatic rings. The molecular weight excluding hydrogens is 466 g/mol. The summed E-state index contributed by atoms with van der Waals surface area (Å²) in [5.74, 6) is 1.57. The number of hydrogen-bond acceptors (Lipinski definition) is 5. The summed E-state index contributed by atoms with van der Waals surface area (Å²) >= 11 is 0. The molecule has 2 N–H and O–H groups in total. The van der Waals surface area contributed by atoms with Crippen molar-refractivity contribution in [3.8, 4) is 22.6 Å². The van der Waals surface area contributed by atoms with Gasteiger partial charge in [-0.3, -0.25) is 4.98 Å². The molecule has 190 valence electrons. The summed E-state index contributed by atoms with van der Waals surface area (Å²) in [5.41, 5.74) is 4.97. The molecule has 0 saturated heterocycles. The van der Waals surface area contributed by atoms with Gasteiger partial charge in [0.15, 0.2) is 0 Å². The maximum absolute atomic E-state index is 12.2. The molecule has 3 aromatic carbocycles. The van der Waals surface area contributed by atoms with Gasteiger partial charge in [0.25, 0.3) is 0 Å². The zero-order chi connectivity index (χ0) is 25.7. The number of methoxy groups -OCH3 is 1. The first kappa shape index (κ1) is 25.7. The molecule has 0 saturated carbocycles. The third-order valence-corrected chi connectivity index (χ3v) is 5.67. The highest BCUT2D eigenvalue weighted by Crippen LogP contribution is 2.32. The van der Waals surface area contributed by atoms with Gasteiger partial charge >= 0.3 is 6.03 Å². The molecule has 4 rings (SSSR count). The molecule has 0 bridgehead atoms. The average molecular weight is 498 g/mol. The molecule has 4 aromatic rings. The number of hydrogen-bond donors (Lipinski definition) is 2. The Kier molecular flexibility index (Phi) is 9.49. The van der Waals surface area contributed by atoms with Crippen molar-refractivity contribution in [3.63, 3.8) is 0 Å². The minimum Gasteiger partial charge on any atom is -0.493 e. The number of aromatic nitrogens is 1. The molecule has 2 amide bonds. The zero-order valence-electron chi connectivity index (χ0n) is 20.9. The number of nitrogens with one attached hydrogen (secondary N) is 2. The Morgan fingerprint density at radius 1 is 0.811 bits per heavy atom. The van der Waals surface area contributed by atoms with Crippen molar-refractivity contribution < 1.29 is 19.0 Å². The summed E-state index contributed by atoms with van der Waals surface area (Å²) in [6, 6.07) is 27.1. The van der Waals surface area contributed by atoms with Gasteiger partial charge in [-0.1, -0.05) is 48.5 Å². The number of urea groups is 1. The number of amides is 2. The van der Waals surface area contributed by atoms with E-state index >= 15 is 0 Å². The minimum absolute atomic E-state index is 0.277. The van der Waals surface area contributed by atoms with Crippen molar-refractivity contribution in [2.45, 2.75) is 13.0 Å². The molecular formula is C30H31N3O4. The molecule has 0 aliphatic heterocycles. The van der Waals surface area contributed by atoms with Crippen LogP contribution < -0.4 is 20.1 Å². The van der Waals surface area contributed by atoms with Gasteiger partial charge in [0.05, 0.1) is 13.2 Å². The van der Waals surface area contributed by atoms with E-state index in [9.17, 15) is 4.79 Å². The van der Waals surface area contributed by atoms with Gasteiger partial charge in [-0.2, -0.15) is 0 Å². The quantitative estimate of drug-likeness (QED) is 0.245. The first-order chi connectivity index (χ1) is 18.2. The monoisotopic (exact) mass is 497 g/mol. The molecule has 0 unspecified atom stereocenters. The van der Waals surface area contributed by atoms with Crippen LogP contribution in [-0.4, -0.2) is 37.9 Å². The Hall–Kier alpha value is -4.36. The van der Waals surface area contributed by atoms with Crippen LogP contribution in [0.15, 0.2) is 97.3 Å². The van der Waals surface area contributed by atoms with Gasteiger partial charge in [0.2, 0.25) is 0 Å². The van der Waals surface area contributed by atoms with Crippen molar-refractivity contribution >= 4 is 11.7 Å². The molecule has 1 aromatic heterocycles. The average Bonchev–Trinajstić information content (AvgIpc) is 2.94. The van der Waals surface area contributed by atoms with Crippen molar-refractivity contribution in [2.24, 2.45) is 0 Å². The largest absolute Gasteiger partial charge is 0.493 e. The van der Waals surface area contributed by atoms with Gasteiger partial charge in [-0.05, 0) is 53.1 Å². The highest BCUT2D eigenvalue weighted by molar-refractivity contribution is 5.89. The third-order valence-electron chi connectivity index (χ3n) is 5.67. The molecule has 0 fully saturated rings. The summed E-state index contributed by atoms with van der Waals surface area (Å²) in [5, 5.41) is 5.64. The van der Waals surface area contributed by atoms with Crippen LogP contribution in [0.5, 0.6) is 11.5 Å². The third kappa shape index (κ3) is 7.81. The van der Waals surface area contributed by atoms with Crippen molar-refractivity contribution in [1.82, 2.24) is 10.3 Å². The standard InChI is InChI=1S/C30H31N3O4/c1-35-19-20-37-29-11-5-4-10-28(29)27-9-3-2-8-24(27)16-18-36-26-14-12-25(13-15-26)33-30(34)32-22-23-7-6-17-31-21-23/h2-15,17,21H,16,18-20,22H2,1H3,(H2,32,33,34). The molecule has 7 nitrogen and oxygen atoms in total. The number of anilines is 1. The minimum atomic E-state index is -0.277. The van der Waals surface area contributed by atoms with E-state index in [1.165, 1.54) is 5.56 Å². The lowest BCUT2D eigenvalue weighted by atomic mass is 9.97. The van der Waals surface area contributed by atoms with Crippen molar-refractivity contribution in [1.29, 1.82) is 0 Å². The predicted molar refractivity (Wildman–Crippen MR) is 145 cm³/mol. The van der Waals surface area contributed by atoms with E-state index in [4.69, 9.17) is 14.2 Å². The molecule has 0 spiro atoms. The van der Waals surface area contributed by atoms with Gasteiger partial charge in [-0.15, -0.1) is 0 Å². The first-order valence-corrected chi connectivity index (χ1v) is 12.2. The molecule has 0 aliphatic carbocycles. The Labute approximate surface area is 217 Å². The van der Waals surface area contributed by atoms with Gasteiger partial charge < -0.3 is 24.8 Å². The fourth-order valence-electron chi connectivity index (χ4n) is 3.82. The number of para-hydroxylation sites is 1. The van der Waals surface area contributed by atoms with E-state index in [1.54, 1.807) is 19.5 Å². The summed E-state index contributed by atoms with van der Waals surface area (Å²) < 4.78 is 17.1. The van der Waals surface area contributed by atoms with Gasteiger partial charge in [0.1, 0.15) is 18.1 Å². The maximum atomic E-state index is 12.2. The number of benzene rings is 3. The van der Waals surface area contributed by atoms with Gasteiger partial charge in [0, 0.05) is 43.7 Å². The van der Waals surface area contributed by atoms with E-state index in [1.807, 2.05) is 66.7 Å². The summed E-state index contributed by atoms with van der Waals surface area (Å²) in [4.78, 5) is 16.2. The second kappa shape index (κ2) is 13.7. The Morgan fingerprint density at radius 3 is 2.38 bits per heavy atom. The lowest BCUT2D eigenvalue weighted by molar-refractivity contribution is 0.146. The van der Waals surface area contributed by atoms with Crippen LogP contribution in [0.1, 0.15) is 11.1 Å². The van der Waals surface area contributed by atoms with E-state index in [-0.39, 0.29) is 6.03 Å². The molecule has 0 radical (unpaired) electrons. The SMILES string of the molecule is COCCOc1ccccc1-c1ccccc1CCOc1ccc(NC(=O)NCc2cccnc2)cc1. The van der Waals surface area contributed by atoms with Gasteiger partial charge in [-0.25, -0.2) is 4.79 Å². The van der Waals surface area contributed by atoms with E-state index in [0.29, 0.717) is 32.1 Å². The number of carbonyl (C=O) groups is 1. The van der Waals surface area contributed by atoms with Crippen molar-refractivity contribution in [2.75, 3.05) is 32.2 Å². The van der Waals surface area contributed by atoms with Crippen LogP contribution in [0, 0.1) is 0 Å². The molecule has 37 heavy (non-hydrogen) atoms. The van der Waals surface area contributed by atoms with E-state index in [0.717, 1.165) is 34.6 Å². The maximum Gasteiger partial charge on any atom is 0.319 e. The molecule has 7 heteroatoms. The fourth-order valence-corrected chi connectivity index (χ4v) is 3.82. The number of carbonyl (C=O) groups excluding carboxylic acids is 1. The smallest absolute Gasteiger partial charge is 0.319 e.